The Kier molecular flexibility index (Phi) is 8.17. The average molecular weight is 503 g/mol. The molecule has 0 N–H and O–H groups in total. The second kappa shape index (κ2) is 10.5. The highest BCUT2D eigenvalue weighted by molar-refractivity contribution is 5.96. The number of aryl methyl sites for hydroxylation is 1. The summed E-state index contributed by atoms with van der Waals surface area (Å²) in [5, 5.41) is 8.70. The lowest BCUT2D eigenvalue weighted by molar-refractivity contribution is -0.754. The van der Waals surface area contributed by atoms with Gasteiger partial charge in [-0.3, -0.25) is 0 Å². The molecule has 1 heterocycles. The molecule has 0 aromatic heterocycles. The van der Waals surface area contributed by atoms with Crippen molar-refractivity contribution in [1.82, 2.24) is 0 Å². The van der Waals surface area contributed by atoms with Crippen molar-refractivity contribution >= 4 is 18.0 Å². The highest BCUT2D eigenvalue weighted by atomic mass is 19.4. The molecule has 34 heavy (non-hydrogen) atoms. The molecule has 0 unspecified atom stereocenters. The summed E-state index contributed by atoms with van der Waals surface area (Å²) in [6.45, 7) is -1.01. The van der Waals surface area contributed by atoms with Gasteiger partial charge < -0.3 is 23.8 Å². The van der Waals surface area contributed by atoms with Gasteiger partial charge in [0.2, 0.25) is 6.10 Å². The number of halogens is 6. The van der Waals surface area contributed by atoms with Crippen LogP contribution in [0, 0.1) is 10.1 Å². The van der Waals surface area contributed by atoms with Crippen LogP contribution in [0.4, 0.5) is 26.3 Å². The van der Waals surface area contributed by atoms with Gasteiger partial charge in [0.15, 0.2) is 6.61 Å². The van der Waals surface area contributed by atoms with E-state index in [0.717, 1.165) is 12.1 Å². The molecule has 0 fully saturated rings. The van der Waals surface area contributed by atoms with Gasteiger partial charge in [0, 0.05) is 5.56 Å². The minimum absolute atomic E-state index is 0.0128. The zero-order chi connectivity index (χ0) is 25.7. The van der Waals surface area contributed by atoms with Crippen LogP contribution < -0.4 is 9.47 Å². The molecule has 1 aromatic carbocycles. The maximum Gasteiger partial charge on any atom is 0.573 e. The molecule has 0 radical (unpaired) electrons. The van der Waals surface area contributed by atoms with Gasteiger partial charge in [-0.15, -0.1) is 23.3 Å². The minimum Gasteiger partial charge on any atom is -0.475 e. The largest absolute Gasteiger partial charge is 0.573 e. The highest BCUT2D eigenvalue weighted by Crippen LogP contribution is 2.42. The standard InChI is InChI=1S/C18H15F6NO9/c1-2-9-5-11(34-18(22,23)24)6-10-7-12(15(17(19,20)21)33-14(9)10)16(27)31-4-3-30-13(26)8-32-25(28)29/h5-7,15H,2-4,8H2,1H3/t15-/m0/s1. The van der Waals surface area contributed by atoms with Crippen LogP contribution in [0.15, 0.2) is 17.7 Å². The first kappa shape index (κ1) is 26.5. The molecule has 188 valence electrons. The normalized spacial score (nSPS) is 15.4. The number of alkyl halides is 6. The molecule has 0 saturated heterocycles. The molecule has 0 aliphatic carbocycles. The van der Waals surface area contributed by atoms with Crippen LogP contribution in [0.3, 0.4) is 0 Å². The number of fused-ring (bicyclic) bond motifs is 1. The van der Waals surface area contributed by atoms with Crippen molar-refractivity contribution in [1.29, 1.82) is 0 Å². The Bertz CT molecular complexity index is 974. The number of rotatable bonds is 9. The summed E-state index contributed by atoms with van der Waals surface area (Å²) in [5.41, 5.74) is -1.39. The van der Waals surface area contributed by atoms with E-state index in [-0.39, 0.29) is 23.3 Å². The van der Waals surface area contributed by atoms with Crippen LogP contribution in [0.2, 0.25) is 0 Å². The lowest BCUT2D eigenvalue weighted by Crippen LogP contribution is -2.41. The molecule has 1 aliphatic rings. The van der Waals surface area contributed by atoms with Crippen LogP contribution in [-0.4, -0.2) is 55.5 Å². The van der Waals surface area contributed by atoms with Crippen molar-refractivity contribution in [3.63, 3.8) is 0 Å². The van der Waals surface area contributed by atoms with Crippen LogP contribution in [0.1, 0.15) is 18.1 Å². The van der Waals surface area contributed by atoms with Gasteiger partial charge in [0.05, 0.1) is 5.57 Å². The van der Waals surface area contributed by atoms with E-state index in [2.05, 4.69) is 19.0 Å². The number of nitrogens with zero attached hydrogens (tertiary/aromatic N) is 1. The number of esters is 2. The van der Waals surface area contributed by atoms with E-state index < -0.39 is 66.8 Å². The second-order valence-corrected chi connectivity index (χ2v) is 6.39. The summed E-state index contributed by atoms with van der Waals surface area (Å²) in [6.07, 6.45) is -12.3. The highest BCUT2D eigenvalue weighted by Gasteiger charge is 2.49. The third kappa shape index (κ3) is 7.41. The first-order chi connectivity index (χ1) is 15.7. The predicted octanol–water partition coefficient (Wildman–Crippen LogP) is 3.15. The minimum atomic E-state index is -5.10. The Morgan fingerprint density at radius 3 is 2.32 bits per heavy atom. The van der Waals surface area contributed by atoms with Gasteiger partial charge in [-0.05, 0) is 30.2 Å². The molecule has 16 heteroatoms. The van der Waals surface area contributed by atoms with E-state index in [9.17, 15) is 46.0 Å². The van der Waals surface area contributed by atoms with Crippen molar-refractivity contribution in [2.24, 2.45) is 0 Å². The molecule has 0 amide bonds. The van der Waals surface area contributed by atoms with Crippen LogP contribution in [-0.2, 0) is 30.3 Å². The van der Waals surface area contributed by atoms with Gasteiger partial charge in [0.25, 0.3) is 5.09 Å². The van der Waals surface area contributed by atoms with E-state index in [0.29, 0.717) is 6.08 Å². The van der Waals surface area contributed by atoms with Crippen LogP contribution >= 0.6 is 0 Å². The first-order valence-electron chi connectivity index (χ1n) is 9.19. The smallest absolute Gasteiger partial charge is 0.475 e. The van der Waals surface area contributed by atoms with Crippen LogP contribution in [0.25, 0.3) is 6.08 Å². The number of ether oxygens (including phenoxy) is 4. The van der Waals surface area contributed by atoms with E-state index in [1.807, 2.05) is 0 Å². The molecule has 1 aromatic rings. The van der Waals surface area contributed by atoms with Crippen molar-refractivity contribution in [2.45, 2.75) is 32.0 Å². The molecular weight excluding hydrogens is 488 g/mol. The topological polar surface area (TPSA) is 123 Å². The molecule has 2 rings (SSSR count). The van der Waals surface area contributed by atoms with Crippen molar-refractivity contribution in [2.75, 3.05) is 19.8 Å². The molecule has 10 nitrogen and oxygen atoms in total. The van der Waals surface area contributed by atoms with Gasteiger partial charge in [-0.1, -0.05) is 6.92 Å². The molecular formula is C18H15F6NO9. The maximum atomic E-state index is 13.5. The van der Waals surface area contributed by atoms with E-state index in [4.69, 9.17) is 4.74 Å². The quantitative estimate of drug-likeness (QED) is 0.164. The lowest BCUT2D eigenvalue weighted by Gasteiger charge is -2.29. The predicted molar refractivity (Wildman–Crippen MR) is 95.8 cm³/mol. The maximum absolute atomic E-state index is 13.5. The number of hydrogen-bond acceptors (Lipinski definition) is 9. The Hall–Kier alpha value is -3.72. The van der Waals surface area contributed by atoms with Gasteiger partial charge in [-0.2, -0.15) is 13.2 Å². The average Bonchev–Trinajstić information content (AvgIpc) is 2.71. The summed E-state index contributed by atoms with van der Waals surface area (Å²) >= 11 is 0. The number of benzene rings is 1. The molecule has 1 atom stereocenters. The summed E-state index contributed by atoms with van der Waals surface area (Å²) in [4.78, 5) is 37.1. The summed E-state index contributed by atoms with van der Waals surface area (Å²) in [5.74, 6) is -3.87. The molecule has 0 bridgehead atoms. The fraction of sp³-hybridized carbons (Fsp3) is 0.444. The van der Waals surface area contributed by atoms with Crippen molar-refractivity contribution in [3.05, 3.63) is 38.9 Å². The Balaban J connectivity index is 2.22. The summed E-state index contributed by atoms with van der Waals surface area (Å²) < 4.78 is 96.2. The second-order valence-electron chi connectivity index (χ2n) is 6.39. The number of carbonyl (C=O) groups is 2. The third-order valence-electron chi connectivity index (χ3n) is 4.01. The fourth-order valence-corrected chi connectivity index (χ4v) is 2.74. The first-order valence-corrected chi connectivity index (χ1v) is 9.19. The Labute approximate surface area is 186 Å². The van der Waals surface area contributed by atoms with E-state index >= 15 is 0 Å². The summed E-state index contributed by atoms with van der Waals surface area (Å²) in [7, 11) is 0. The zero-order valence-corrected chi connectivity index (χ0v) is 17.0. The Morgan fingerprint density at radius 1 is 1.12 bits per heavy atom. The fourth-order valence-electron chi connectivity index (χ4n) is 2.74. The SMILES string of the molecule is CCc1cc(OC(F)(F)F)cc2c1O[C@H](C(F)(F)F)C(C(=O)OCCOC(=O)CO[N+](=O)[O-])=C2. The van der Waals surface area contributed by atoms with Gasteiger partial charge in [-0.25, -0.2) is 9.59 Å². The zero-order valence-electron chi connectivity index (χ0n) is 17.0. The Morgan fingerprint density at radius 2 is 1.76 bits per heavy atom. The van der Waals surface area contributed by atoms with Gasteiger partial charge >= 0.3 is 24.5 Å². The van der Waals surface area contributed by atoms with E-state index in [1.165, 1.54) is 6.92 Å². The molecule has 1 aliphatic heterocycles. The number of hydrogen-bond donors (Lipinski definition) is 0. The third-order valence-corrected chi connectivity index (χ3v) is 4.01. The van der Waals surface area contributed by atoms with Crippen molar-refractivity contribution < 1.29 is 64.8 Å². The monoisotopic (exact) mass is 503 g/mol. The van der Waals surface area contributed by atoms with Crippen LogP contribution in [0.5, 0.6) is 11.5 Å². The molecule has 0 spiro atoms. The lowest BCUT2D eigenvalue weighted by atomic mass is 9.97. The number of carbonyl (C=O) groups excluding carboxylic acids is 2. The van der Waals surface area contributed by atoms with Gasteiger partial charge in [0.1, 0.15) is 24.7 Å². The molecule has 0 saturated carbocycles. The van der Waals surface area contributed by atoms with Crippen molar-refractivity contribution in [3.8, 4) is 11.5 Å². The van der Waals surface area contributed by atoms with E-state index in [1.54, 1.807) is 0 Å². The summed E-state index contributed by atoms with van der Waals surface area (Å²) in [6, 6.07) is 1.62.